The van der Waals surface area contributed by atoms with E-state index in [1.54, 1.807) is 0 Å². The highest BCUT2D eigenvalue weighted by molar-refractivity contribution is 5.67. The second-order valence-electron chi connectivity index (χ2n) is 6.76. The largest absolute Gasteiger partial charge is 0.444 e. The molecule has 0 saturated carbocycles. The number of ether oxygens (including phenoxy) is 1. The van der Waals surface area contributed by atoms with Crippen molar-refractivity contribution < 1.29 is 14.6 Å². The van der Waals surface area contributed by atoms with Gasteiger partial charge in [0.25, 0.3) is 0 Å². The van der Waals surface area contributed by atoms with Crippen molar-refractivity contribution >= 4 is 6.09 Å². The Morgan fingerprint density at radius 1 is 1.22 bits per heavy atom. The average Bonchev–Trinajstić information content (AvgIpc) is 2.46. The first kappa shape index (κ1) is 19.5. The van der Waals surface area contributed by atoms with Crippen molar-refractivity contribution in [3.8, 4) is 0 Å². The summed E-state index contributed by atoms with van der Waals surface area (Å²) in [6.45, 7) is 8.28. The number of alkyl carbamates (subject to hydrolysis) is 1. The first-order valence-corrected chi connectivity index (χ1v) is 8.20. The standard InChI is InChI=1S/C18H30N2O3/c1-14(10-12-19-17(22)23-18(2,3)4)20-16(11-13-21)15-8-6-5-7-9-15/h5-9,14,16,20-21H,10-13H2,1-4H3,(H,19,22)/t14?,16-/m1/s1. The predicted octanol–water partition coefficient (Wildman–Crippen LogP) is 3.00. The molecule has 0 bridgehead atoms. The van der Waals surface area contributed by atoms with E-state index in [2.05, 4.69) is 29.7 Å². The van der Waals surface area contributed by atoms with E-state index in [4.69, 9.17) is 4.74 Å². The van der Waals surface area contributed by atoms with Gasteiger partial charge < -0.3 is 20.5 Å². The lowest BCUT2D eigenvalue weighted by Crippen LogP contribution is -2.37. The lowest BCUT2D eigenvalue weighted by Gasteiger charge is -2.24. The summed E-state index contributed by atoms with van der Waals surface area (Å²) in [7, 11) is 0. The first-order valence-electron chi connectivity index (χ1n) is 8.20. The van der Waals surface area contributed by atoms with E-state index >= 15 is 0 Å². The van der Waals surface area contributed by atoms with Crippen molar-refractivity contribution in [3.63, 3.8) is 0 Å². The molecule has 1 aromatic rings. The molecule has 0 radical (unpaired) electrons. The highest BCUT2D eigenvalue weighted by Crippen LogP contribution is 2.17. The molecule has 0 spiro atoms. The molecule has 3 N–H and O–H groups in total. The van der Waals surface area contributed by atoms with Gasteiger partial charge in [-0.05, 0) is 46.1 Å². The van der Waals surface area contributed by atoms with Crippen LogP contribution in [-0.2, 0) is 4.74 Å². The molecule has 1 unspecified atom stereocenters. The van der Waals surface area contributed by atoms with Crippen LogP contribution < -0.4 is 10.6 Å². The lowest BCUT2D eigenvalue weighted by molar-refractivity contribution is 0.0526. The van der Waals surface area contributed by atoms with Gasteiger partial charge in [0.15, 0.2) is 0 Å². The Labute approximate surface area is 139 Å². The van der Waals surface area contributed by atoms with Gasteiger partial charge in [0, 0.05) is 25.2 Å². The minimum atomic E-state index is -0.479. The van der Waals surface area contributed by atoms with E-state index in [0.717, 1.165) is 12.0 Å². The molecule has 0 aliphatic carbocycles. The van der Waals surface area contributed by atoms with E-state index in [-0.39, 0.29) is 24.8 Å². The fraction of sp³-hybridized carbons (Fsp3) is 0.611. The van der Waals surface area contributed by atoms with Crippen LogP contribution in [0.2, 0.25) is 0 Å². The molecule has 5 nitrogen and oxygen atoms in total. The number of nitrogens with one attached hydrogen (secondary N) is 2. The van der Waals surface area contributed by atoms with Crippen LogP contribution >= 0.6 is 0 Å². The zero-order valence-corrected chi connectivity index (χ0v) is 14.6. The number of amides is 1. The van der Waals surface area contributed by atoms with E-state index in [9.17, 15) is 9.90 Å². The van der Waals surface area contributed by atoms with Crippen molar-refractivity contribution in [1.82, 2.24) is 10.6 Å². The monoisotopic (exact) mass is 322 g/mol. The van der Waals surface area contributed by atoms with Gasteiger partial charge in [-0.25, -0.2) is 4.79 Å². The van der Waals surface area contributed by atoms with Crippen LogP contribution in [0.4, 0.5) is 4.79 Å². The number of benzene rings is 1. The van der Waals surface area contributed by atoms with Gasteiger partial charge in [0.05, 0.1) is 0 Å². The van der Waals surface area contributed by atoms with Gasteiger partial charge in [-0.15, -0.1) is 0 Å². The number of aliphatic hydroxyl groups excluding tert-OH is 1. The molecule has 0 heterocycles. The van der Waals surface area contributed by atoms with Crippen molar-refractivity contribution in [1.29, 1.82) is 0 Å². The van der Waals surface area contributed by atoms with Gasteiger partial charge in [0.1, 0.15) is 5.60 Å². The fourth-order valence-electron chi connectivity index (χ4n) is 2.29. The number of hydrogen-bond donors (Lipinski definition) is 3. The fourth-order valence-corrected chi connectivity index (χ4v) is 2.29. The smallest absolute Gasteiger partial charge is 0.407 e. The Kier molecular flexibility index (Phi) is 8.06. The highest BCUT2D eigenvalue weighted by Gasteiger charge is 2.17. The number of aliphatic hydroxyl groups is 1. The molecule has 2 atom stereocenters. The summed E-state index contributed by atoms with van der Waals surface area (Å²) in [5.41, 5.74) is 0.682. The molecule has 0 saturated heterocycles. The summed E-state index contributed by atoms with van der Waals surface area (Å²) >= 11 is 0. The second kappa shape index (κ2) is 9.53. The zero-order valence-electron chi connectivity index (χ0n) is 14.6. The van der Waals surface area contributed by atoms with Crippen LogP contribution in [0.15, 0.2) is 30.3 Å². The molecule has 5 heteroatoms. The van der Waals surface area contributed by atoms with Crippen LogP contribution in [0, 0.1) is 0 Å². The number of rotatable bonds is 8. The third-order valence-electron chi connectivity index (χ3n) is 3.35. The van der Waals surface area contributed by atoms with E-state index in [1.807, 2.05) is 39.0 Å². The zero-order chi connectivity index (χ0) is 17.3. The minimum Gasteiger partial charge on any atom is -0.444 e. The Bertz CT molecular complexity index is 457. The number of carbonyl (C=O) groups is 1. The van der Waals surface area contributed by atoms with E-state index < -0.39 is 5.60 Å². The van der Waals surface area contributed by atoms with Crippen molar-refractivity contribution in [2.24, 2.45) is 0 Å². The Balaban J connectivity index is 2.39. The summed E-state index contributed by atoms with van der Waals surface area (Å²) < 4.78 is 5.20. The molecule has 23 heavy (non-hydrogen) atoms. The molecular formula is C18H30N2O3. The molecular weight excluding hydrogens is 292 g/mol. The van der Waals surface area contributed by atoms with Crippen molar-refractivity contribution in [2.75, 3.05) is 13.2 Å². The van der Waals surface area contributed by atoms with Crippen LogP contribution in [0.25, 0.3) is 0 Å². The predicted molar refractivity (Wildman–Crippen MR) is 92.3 cm³/mol. The third kappa shape index (κ3) is 8.57. The number of hydrogen-bond acceptors (Lipinski definition) is 4. The quantitative estimate of drug-likeness (QED) is 0.688. The maximum Gasteiger partial charge on any atom is 0.407 e. The van der Waals surface area contributed by atoms with Crippen LogP contribution in [0.5, 0.6) is 0 Å². The Morgan fingerprint density at radius 2 is 1.87 bits per heavy atom. The van der Waals surface area contributed by atoms with Gasteiger partial charge in [-0.2, -0.15) is 0 Å². The van der Waals surface area contributed by atoms with Crippen LogP contribution in [0.3, 0.4) is 0 Å². The minimum absolute atomic E-state index is 0.109. The van der Waals surface area contributed by atoms with Crippen LogP contribution in [0.1, 0.15) is 52.1 Å². The average molecular weight is 322 g/mol. The van der Waals surface area contributed by atoms with Gasteiger partial charge in [-0.3, -0.25) is 0 Å². The normalized spacial score (nSPS) is 14.1. The second-order valence-corrected chi connectivity index (χ2v) is 6.76. The van der Waals surface area contributed by atoms with Crippen LogP contribution in [-0.4, -0.2) is 36.0 Å². The van der Waals surface area contributed by atoms with E-state index in [0.29, 0.717) is 13.0 Å². The lowest BCUT2D eigenvalue weighted by atomic mass is 10.0. The van der Waals surface area contributed by atoms with E-state index in [1.165, 1.54) is 0 Å². The summed E-state index contributed by atoms with van der Waals surface area (Å²) in [6, 6.07) is 10.4. The van der Waals surface area contributed by atoms with Crippen molar-refractivity contribution in [2.45, 2.75) is 58.2 Å². The third-order valence-corrected chi connectivity index (χ3v) is 3.35. The van der Waals surface area contributed by atoms with Crippen molar-refractivity contribution in [3.05, 3.63) is 35.9 Å². The molecule has 0 aliphatic rings. The summed E-state index contributed by atoms with van der Waals surface area (Å²) in [5, 5.41) is 15.5. The molecule has 1 rings (SSSR count). The molecule has 0 aromatic heterocycles. The maximum atomic E-state index is 11.6. The molecule has 1 aromatic carbocycles. The maximum absolute atomic E-state index is 11.6. The first-order chi connectivity index (χ1) is 10.8. The SMILES string of the molecule is CC(CCNC(=O)OC(C)(C)C)N[C@H](CCO)c1ccccc1. The Hall–Kier alpha value is -1.59. The van der Waals surface area contributed by atoms with Gasteiger partial charge >= 0.3 is 6.09 Å². The van der Waals surface area contributed by atoms with Gasteiger partial charge in [-0.1, -0.05) is 30.3 Å². The molecule has 0 aliphatic heterocycles. The highest BCUT2D eigenvalue weighted by atomic mass is 16.6. The molecule has 0 fully saturated rings. The topological polar surface area (TPSA) is 70.6 Å². The van der Waals surface area contributed by atoms with Gasteiger partial charge in [0.2, 0.25) is 0 Å². The number of carbonyl (C=O) groups excluding carboxylic acids is 1. The Morgan fingerprint density at radius 3 is 2.43 bits per heavy atom. The molecule has 1 amide bonds. The molecule has 130 valence electrons. The summed E-state index contributed by atoms with van der Waals surface area (Å²) in [5.74, 6) is 0. The summed E-state index contributed by atoms with van der Waals surface area (Å²) in [4.78, 5) is 11.6. The summed E-state index contributed by atoms with van der Waals surface area (Å²) in [6.07, 6.45) is 1.06.